The molecule has 1 saturated heterocycles. The summed E-state index contributed by atoms with van der Waals surface area (Å²) in [5.41, 5.74) is 8.30. The molecule has 1 unspecified atom stereocenters. The molecule has 0 radical (unpaired) electrons. The molecule has 2 aromatic heterocycles. The summed E-state index contributed by atoms with van der Waals surface area (Å²) in [5, 5.41) is 14.9. The maximum Gasteiger partial charge on any atom is 0.255 e. The second-order valence-electron chi connectivity index (χ2n) is 7.99. The molecule has 1 amide bonds. The van der Waals surface area contributed by atoms with Crippen LogP contribution in [0.4, 0.5) is 5.69 Å². The molecular formula is C22H26N6O2. The van der Waals surface area contributed by atoms with E-state index in [-0.39, 0.29) is 11.8 Å². The Bertz CT molecular complexity index is 1030. The molecule has 3 aromatic rings. The van der Waals surface area contributed by atoms with Gasteiger partial charge in [-0.1, -0.05) is 12.1 Å². The minimum absolute atomic E-state index is 0.0115. The van der Waals surface area contributed by atoms with Crippen LogP contribution in [0.2, 0.25) is 0 Å². The Balaban J connectivity index is 1.49. The summed E-state index contributed by atoms with van der Waals surface area (Å²) in [6.45, 7) is 2.52. The molecule has 1 aliphatic heterocycles. The van der Waals surface area contributed by atoms with Crippen molar-refractivity contribution in [2.75, 3.05) is 39.5 Å². The van der Waals surface area contributed by atoms with E-state index < -0.39 is 0 Å². The number of likely N-dealkylation sites (tertiary alicyclic amines) is 1. The fraction of sp³-hybridized carbons (Fsp3) is 0.318. The van der Waals surface area contributed by atoms with E-state index in [2.05, 4.69) is 29.1 Å². The van der Waals surface area contributed by atoms with E-state index in [1.54, 1.807) is 36.7 Å². The molecule has 1 fully saturated rings. The number of aromatic nitrogens is 3. The smallest absolute Gasteiger partial charge is 0.255 e. The molecule has 8 nitrogen and oxygen atoms in total. The third-order valence-electron chi connectivity index (χ3n) is 5.37. The predicted octanol–water partition coefficient (Wildman–Crippen LogP) is 2.25. The van der Waals surface area contributed by atoms with Gasteiger partial charge >= 0.3 is 0 Å². The van der Waals surface area contributed by atoms with Crippen LogP contribution in [0, 0.1) is 5.92 Å². The number of rotatable bonds is 5. The van der Waals surface area contributed by atoms with Crippen molar-refractivity contribution in [3.63, 3.8) is 0 Å². The predicted molar refractivity (Wildman–Crippen MR) is 115 cm³/mol. The number of pyridine rings is 1. The van der Waals surface area contributed by atoms with E-state index >= 15 is 0 Å². The minimum atomic E-state index is -0.0163. The number of anilines is 1. The van der Waals surface area contributed by atoms with Crippen LogP contribution >= 0.6 is 0 Å². The molecule has 3 N–H and O–H groups in total. The molecule has 0 saturated carbocycles. The fourth-order valence-corrected chi connectivity index (χ4v) is 3.88. The fourth-order valence-electron chi connectivity index (χ4n) is 3.88. The third-order valence-corrected chi connectivity index (χ3v) is 5.37. The largest absolute Gasteiger partial charge is 0.493 e. The van der Waals surface area contributed by atoms with Crippen LogP contribution in [0.25, 0.3) is 16.9 Å². The molecule has 1 aliphatic rings. The summed E-state index contributed by atoms with van der Waals surface area (Å²) in [6.07, 6.45) is 4.14. The second kappa shape index (κ2) is 8.16. The van der Waals surface area contributed by atoms with Crippen LogP contribution in [0.5, 0.6) is 5.88 Å². The number of hydrogen-bond acceptors (Lipinski definition) is 6. The Morgan fingerprint density at radius 2 is 1.97 bits per heavy atom. The third kappa shape index (κ3) is 3.99. The van der Waals surface area contributed by atoms with Crippen molar-refractivity contribution in [2.45, 2.75) is 6.42 Å². The number of amides is 1. The van der Waals surface area contributed by atoms with Gasteiger partial charge < -0.3 is 20.6 Å². The van der Waals surface area contributed by atoms with Crippen molar-refractivity contribution in [3.05, 3.63) is 54.4 Å². The summed E-state index contributed by atoms with van der Waals surface area (Å²) in [6, 6.07) is 10.6. The number of benzene rings is 1. The first-order valence-corrected chi connectivity index (χ1v) is 9.95. The first kappa shape index (κ1) is 19.9. The van der Waals surface area contributed by atoms with Crippen molar-refractivity contribution < 1.29 is 9.90 Å². The van der Waals surface area contributed by atoms with Crippen molar-refractivity contribution in [3.8, 4) is 22.8 Å². The highest BCUT2D eigenvalue weighted by molar-refractivity contribution is 5.94. The van der Waals surface area contributed by atoms with Crippen LogP contribution < -0.4 is 5.73 Å². The van der Waals surface area contributed by atoms with Gasteiger partial charge in [-0.15, -0.1) is 0 Å². The van der Waals surface area contributed by atoms with Crippen LogP contribution in [-0.2, 0) is 0 Å². The van der Waals surface area contributed by atoms with E-state index in [0.717, 1.165) is 31.6 Å². The summed E-state index contributed by atoms with van der Waals surface area (Å²) in [4.78, 5) is 21.2. The number of hydrogen-bond donors (Lipinski definition) is 2. The summed E-state index contributed by atoms with van der Waals surface area (Å²) in [5.74, 6) is 0.918. The lowest BCUT2D eigenvalue weighted by molar-refractivity contribution is 0.0784. The van der Waals surface area contributed by atoms with Crippen LogP contribution in [0.1, 0.15) is 16.8 Å². The molecule has 8 heteroatoms. The van der Waals surface area contributed by atoms with Crippen LogP contribution in [-0.4, -0.2) is 69.3 Å². The summed E-state index contributed by atoms with van der Waals surface area (Å²) < 4.78 is 1.35. The summed E-state index contributed by atoms with van der Waals surface area (Å²) in [7, 11) is 4.10. The van der Waals surface area contributed by atoms with Gasteiger partial charge in [0.15, 0.2) is 5.82 Å². The second-order valence-corrected chi connectivity index (χ2v) is 7.99. The number of carbonyl (C=O) groups is 1. The number of carbonyl (C=O) groups excluding carboxylic acids is 1. The molecule has 0 bridgehead atoms. The molecule has 30 heavy (non-hydrogen) atoms. The normalized spacial score (nSPS) is 16.4. The van der Waals surface area contributed by atoms with E-state index in [0.29, 0.717) is 28.6 Å². The van der Waals surface area contributed by atoms with Crippen LogP contribution in [0.3, 0.4) is 0 Å². The van der Waals surface area contributed by atoms with Crippen molar-refractivity contribution in [1.29, 1.82) is 0 Å². The monoisotopic (exact) mass is 406 g/mol. The van der Waals surface area contributed by atoms with Crippen LogP contribution in [0.15, 0.2) is 48.8 Å². The van der Waals surface area contributed by atoms with E-state index in [1.165, 1.54) is 4.68 Å². The molecule has 0 aliphatic carbocycles. The van der Waals surface area contributed by atoms with Gasteiger partial charge in [-0.25, -0.2) is 4.98 Å². The van der Waals surface area contributed by atoms with E-state index in [4.69, 9.17) is 5.73 Å². The number of nitrogens with two attached hydrogens (primary N) is 1. The molecular weight excluding hydrogens is 380 g/mol. The quantitative estimate of drug-likeness (QED) is 0.631. The van der Waals surface area contributed by atoms with Crippen molar-refractivity contribution in [1.82, 2.24) is 24.6 Å². The van der Waals surface area contributed by atoms with E-state index in [1.807, 2.05) is 17.0 Å². The Morgan fingerprint density at radius 1 is 1.20 bits per heavy atom. The first-order valence-electron chi connectivity index (χ1n) is 9.95. The molecule has 156 valence electrons. The van der Waals surface area contributed by atoms with Gasteiger partial charge in [-0.05, 0) is 56.3 Å². The Morgan fingerprint density at radius 3 is 2.63 bits per heavy atom. The maximum absolute atomic E-state index is 12.8. The molecule has 1 aromatic carbocycles. The SMILES string of the molecule is CN(C)CC1CCN(C(=O)c2ccc(-n3ncc(-c4ccc(N)cc4)c3O)nc2)C1. The van der Waals surface area contributed by atoms with Gasteiger partial charge in [0.2, 0.25) is 5.88 Å². The zero-order valence-electron chi connectivity index (χ0n) is 17.2. The minimum Gasteiger partial charge on any atom is -0.493 e. The summed E-state index contributed by atoms with van der Waals surface area (Å²) >= 11 is 0. The van der Waals surface area contributed by atoms with Crippen molar-refractivity contribution in [2.24, 2.45) is 5.92 Å². The van der Waals surface area contributed by atoms with Gasteiger partial charge in [-0.2, -0.15) is 9.78 Å². The first-order chi connectivity index (χ1) is 14.4. The van der Waals surface area contributed by atoms with Gasteiger partial charge in [0.25, 0.3) is 5.91 Å². The zero-order valence-corrected chi connectivity index (χ0v) is 17.2. The molecule has 3 heterocycles. The Kier molecular flexibility index (Phi) is 5.41. The number of aromatic hydroxyl groups is 1. The number of nitrogen functional groups attached to an aromatic ring is 1. The average molecular weight is 406 g/mol. The van der Waals surface area contributed by atoms with Crippen molar-refractivity contribution >= 4 is 11.6 Å². The van der Waals surface area contributed by atoms with Gasteiger partial charge in [-0.3, -0.25) is 4.79 Å². The highest BCUT2D eigenvalue weighted by Crippen LogP contribution is 2.31. The highest BCUT2D eigenvalue weighted by Gasteiger charge is 2.27. The van der Waals surface area contributed by atoms with E-state index in [9.17, 15) is 9.90 Å². The number of nitrogens with zero attached hydrogens (tertiary/aromatic N) is 5. The Hall–Kier alpha value is -3.39. The molecule has 4 rings (SSSR count). The van der Waals surface area contributed by atoms with Gasteiger partial charge in [0.05, 0.1) is 17.3 Å². The Labute approximate surface area is 175 Å². The molecule has 0 spiro atoms. The molecule has 1 atom stereocenters. The topological polar surface area (TPSA) is 101 Å². The lowest BCUT2D eigenvalue weighted by Crippen LogP contribution is -2.30. The lowest BCUT2D eigenvalue weighted by Gasteiger charge is -2.18. The highest BCUT2D eigenvalue weighted by atomic mass is 16.3. The van der Waals surface area contributed by atoms with Gasteiger partial charge in [0.1, 0.15) is 0 Å². The lowest BCUT2D eigenvalue weighted by atomic mass is 10.1. The zero-order chi connectivity index (χ0) is 21.3. The standard InChI is InChI=1S/C22H26N6O2/c1-26(2)13-15-9-10-27(14-15)21(29)17-5-8-20(24-11-17)28-22(30)19(12-25-28)16-3-6-18(23)7-4-16/h3-8,11-12,15,30H,9-10,13-14,23H2,1-2H3. The average Bonchev–Trinajstić information content (AvgIpc) is 3.34. The van der Waals surface area contributed by atoms with Gasteiger partial charge in [0, 0.05) is 31.5 Å². The maximum atomic E-state index is 12.8.